The lowest BCUT2D eigenvalue weighted by molar-refractivity contribution is 0.0272. The van der Waals surface area contributed by atoms with E-state index in [2.05, 4.69) is 15.4 Å². The molecule has 1 atom stereocenters. The zero-order valence-corrected chi connectivity index (χ0v) is 14.4. The highest BCUT2D eigenvalue weighted by atomic mass is 16.5. The quantitative estimate of drug-likeness (QED) is 0.590. The number of aliphatic hydroxyl groups excluding tert-OH is 1. The van der Waals surface area contributed by atoms with E-state index in [4.69, 9.17) is 4.74 Å². The van der Waals surface area contributed by atoms with Crippen LogP contribution in [0.25, 0.3) is 0 Å². The molecular weight excluding hydrogens is 312 g/mol. The zero-order valence-electron chi connectivity index (χ0n) is 14.4. The summed E-state index contributed by atoms with van der Waals surface area (Å²) >= 11 is 0. The zero-order chi connectivity index (χ0) is 17.9. The number of rotatable bonds is 9. The molecule has 134 valence electrons. The lowest BCUT2D eigenvalue weighted by Crippen LogP contribution is -2.40. The van der Waals surface area contributed by atoms with Gasteiger partial charge in [-0.05, 0) is 23.6 Å². The molecule has 0 aliphatic heterocycles. The van der Waals surface area contributed by atoms with E-state index in [1.54, 1.807) is 24.3 Å². The highest BCUT2D eigenvalue weighted by Crippen LogP contribution is 2.05. The van der Waals surface area contributed by atoms with Gasteiger partial charge < -0.3 is 25.2 Å². The average Bonchev–Trinajstić information content (AvgIpc) is 2.57. The first-order valence-electron chi connectivity index (χ1n) is 7.87. The van der Waals surface area contributed by atoms with Crippen LogP contribution in [-0.4, -0.2) is 50.1 Å². The molecule has 24 heavy (non-hydrogen) atoms. The molecule has 1 rings (SSSR count). The van der Waals surface area contributed by atoms with Gasteiger partial charge in [0.1, 0.15) is 0 Å². The van der Waals surface area contributed by atoms with E-state index in [9.17, 15) is 14.7 Å². The first kappa shape index (κ1) is 19.9. The van der Waals surface area contributed by atoms with Crippen LogP contribution in [0.2, 0.25) is 0 Å². The molecule has 0 spiro atoms. The fourth-order valence-electron chi connectivity index (χ4n) is 1.83. The minimum Gasteiger partial charge on any atom is -0.465 e. The SMILES string of the molecule is COC(=O)c1ccc(CNC(=O)NCC(O)COCC(C)C)cc1. The van der Waals surface area contributed by atoms with Crippen molar-refractivity contribution in [1.29, 1.82) is 0 Å². The Morgan fingerprint density at radius 2 is 1.79 bits per heavy atom. The van der Waals surface area contributed by atoms with Crippen LogP contribution < -0.4 is 10.6 Å². The number of amides is 2. The minimum atomic E-state index is -0.742. The van der Waals surface area contributed by atoms with E-state index in [0.717, 1.165) is 5.56 Å². The third kappa shape index (κ3) is 7.94. The molecule has 0 aliphatic rings. The van der Waals surface area contributed by atoms with Gasteiger partial charge in [0, 0.05) is 19.7 Å². The predicted octanol–water partition coefficient (Wildman–Crippen LogP) is 1.31. The summed E-state index contributed by atoms with van der Waals surface area (Å²) in [5.41, 5.74) is 1.30. The Hall–Kier alpha value is -2.12. The average molecular weight is 338 g/mol. The maximum atomic E-state index is 11.7. The molecule has 0 saturated carbocycles. The van der Waals surface area contributed by atoms with Crippen molar-refractivity contribution >= 4 is 12.0 Å². The van der Waals surface area contributed by atoms with Gasteiger partial charge in [-0.2, -0.15) is 0 Å². The van der Waals surface area contributed by atoms with Crippen LogP contribution in [0.15, 0.2) is 24.3 Å². The van der Waals surface area contributed by atoms with Crippen LogP contribution in [0.5, 0.6) is 0 Å². The predicted molar refractivity (Wildman–Crippen MR) is 89.7 cm³/mol. The Bertz CT molecular complexity index is 516. The molecule has 0 aliphatic carbocycles. The van der Waals surface area contributed by atoms with Crippen LogP contribution in [0.1, 0.15) is 29.8 Å². The molecule has 0 bridgehead atoms. The van der Waals surface area contributed by atoms with Crippen molar-refractivity contribution < 1.29 is 24.2 Å². The first-order valence-corrected chi connectivity index (χ1v) is 7.87. The third-order valence-corrected chi connectivity index (χ3v) is 3.09. The van der Waals surface area contributed by atoms with Crippen molar-refractivity contribution in [2.24, 2.45) is 5.92 Å². The number of carbonyl (C=O) groups is 2. The highest BCUT2D eigenvalue weighted by molar-refractivity contribution is 5.89. The monoisotopic (exact) mass is 338 g/mol. The van der Waals surface area contributed by atoms with Crippen LogP contribution in [-0.2, 0) is 16.0 Å². The van der Waals surface area contributed by atoms with Gasteiger partial charge in [0.25, 0.3) is 0 Å². The van der Waals surface area contributed by atoms with Crippen molar-refractivity contribution in [1.82, 2.24) is 10.6 Å². The standard InChI is InChI=1S/C17H26N2O5/c1-12(2)10-24-11-15(20)9-19-17(22)18-8-13-4-6-14(7-5-13)16(21)23-3/h4-7,12,15,20H,8-11H2,1-3H3,(H2,18,19,22). The van der Waals surface area contributed by atoms with Crippen LogP contribution in [0.4, 0.5) is 4.79 Å². The number of benzene rings is 1. The molecule has 0 heterocycles. The fraction of sp³-hybridized carbons (Fsp3) is 0.529. The molecule has 1 aromatic carbocycles. The van der Waals surface area contributed by atoms with Gasteiger partial charge in [0.2, 0.25) is 0 Å². The summed E-state index contributed by atoms with van der Waals surface area (Å²) < 4.78 is 9.92. The molecule has 0 aromatic heterocycles. The van der Waals surface area contributed by atoms with Crippen molar-refractivity contribution in [2.45, 2.75) is 26.5 Å². The molecule has 7 nitrogen and oxygen atoms in total. The molecule has 0 fully saturated rings. The molecule has 0 saturated heterocycles. The summed E-state index contributed by atoms with van der Waals surface area (Å²) in [5, 5.41) is 14.9. The summed E-state index contributed by atoms with van der Waals surface area (Å²) in [6.07, 6.45) is -0.742. The first-order chi connectivity index (χ1) is 11.4. The number of hydrogen-bond donors (Lipinski definition) is 3. The Balaban J connectivity index is 2.25. The summed E-state index contributed by atoms with van der Waals surface area (Å²) in [6, 6.07) is 6.37. The van der Waals surface area contributed by atoms with E-state index in [1.807, 2.05) is 13.8 Å². The smallest absolute Gasteiger partial charge is 0.337 e. The molecule has 7 heteroatoms. The second kappa shape index (κ2) is 10.6. The largest absolute Gasteiger partial charge is 0.465 e. The second-order valence-electron chi connectivity index (χ2n) is 5.84. The molecule has 2 amide bonds. The lowest BCUT2D eigenvalue weighted by Gasteiger charge is -2.14. The number of ether oxygens (including phenoxy) is 2. The summed E-state index contributed by atoms with van der Waals surface area (Å²) in [7, 11) is 1.32. The number of urea groups is 1. The maximum absolute atomic E-state index is 11.7. The van der Waals surface area contributed by atoms with Crippen molar-refractivity contribution in [3.05, 3.63) is 35.4 Å². The topological polar surface area (TPSA) is 96.9 Å². The molecule has 1 aromatic rings. The van der Waals surface area contributed by atoms with E-state index < -0.39 is 12.1 Å². The Labute approximate surface area is 142 Å². The van der Waals surface area contributed by atoms with E-state index in [0.29, 0.717) is 24.6 Å². The Morgan fingerprint density at radius 1 is 1.12 bits per heavy atom. The third-order valence-electron chi connectivity index (χ3n) is 3.09. The summed E-state index contributed by atoms with van der Waals surface area (Å²) in [5.74, 6) is -0.0000424. The van der Waals surface area contributed by atoms with Gasteiger partial charge >= 0.3 is 12.0 Å². The van der Waals surface area contributed by atoms with Crippen molar-refractivity contribution in [3.8, 4) is 0 Å². The number of esters is 1. The van der Waals surface area contributed by atoms with E-state index >= 15 is 0 Å². The van der Waals surface area contributed by atoms with Crippen molar-refractivity contribution in [3.63, 3.8) is 0 Å². The van der Waals surface area contributed by atoms with E-state index in [1.165, 1.54) is 7.11 Å². The summed E-state index contributed by atoms with van der Waals surface area (Å²) in [4.78, 5) is 23.0. The normalized spacial score (nSPS) is 11.9. The number of nitrogens with one attached hydrogen (secondary N) is 2. The van der Waals surface area contributed by atoms with Crippen LogP contribution in [0, 0.1) is 5.92 Å². The molecule has 3 N–H and O–H groups in total. The van der Waals surface area contributed by atoms with Crippen LogP contribution >= 0.6 is 0 Å². The van der Waals surface area contributed by atoms with Gasteiger partial charge in [-0.1, -0.05) is 26.0 Å². The van der Waals surface area contributed by atoms with Crippen molar-refractivity contribution in [2.75, 3.05) is 26.9 Å². The summed E-state index contributed by atoms with van der Waals surface area (Å²) in [6.45, 7) is 5.24. The van der Waals surface area contributed by atoms with Gasteiger partial charge in [-0.25, -0.2) is 9.59 Å². The molecule has 1 unspecified atom stereocenters. The van der Waals surface area contributed by atoms with E-state index in [-0.39, 0.29) is 19.2 Å². The fourth-order valence-corrected chi connectivity index (χ4v) is 1.83. The number of aliphatic hydroxyl groups is 1. The lowest BCUT2D eigenvalue weighted by atomic mass is 10.1. The maximum Gasteiger partial charge on any atom is 0.337 e. The highest BCUT2D eigenvalue weighted by Gasteiger charge is 2.08. The Kier molecular flexibility index (Phi) is 8.81. The minimum absolute atomic E-state index is 0.116. The van der Waals surface area contributed by atoms with Gasteiger partial charge in [-0.3, -0.25) is 0 Å². The van der Waals surface area contributed by atoms with Gasteiger partial charge in [-0.15, -0.1) is 0 Å². The Morgan fingerprint density at radius 3 is 2.38 bits per heavy atom. The number of methoxy groups -OCH3 is 1. The van der Waals surface area contributed by atoms with Crippen LogP contribution in [0.3, 0.4) is 0 Å². The number of hydrogen-bond acceptors (Lipinski definition) is 5. The number of carbonyl (C=O) groups excluding carboxylic acids is 2. The van der Waals surface area contributed by atoms with Gasteiger partial charge in [0.15, 0.2) is 0 Å². The van der Waals surface area contributed by atoms with Gasteiger partial charge in [0.05, 0.1) is 25.4 Å². The second-order valence-corrected chi connectivity index (χ2v) is 5.84. The molecular formula is C17H26N2O5. The molecule has 0 radical (unpaired) electrons.